The van der Waals surface area contributed by atoms with Crippen LogP contribution in [0.15, 0.2) is 60.7 Å². The fraction of sp³-hybridized carbons (Fsp3) is 0.333. The van der Waals surface area contributed by atoms with Gasteiger partial charge in [0, 0.05) is 18.0 Å². The number of nitrogens with one attached hydrogen (secondary N) is 1. The lowest BCUT2D eigenvalue weighted by molar-refractivity contribution is 0.482. The predicted molar refractivity (Wildman–Crippen MR) is 116 cm³/mol. The number of hydrogen-bond donors (Lipinski definition) is 1. The minimum absolute atomic E-state index is 0.295. The van der Waals surface area contributed by atoms with Crippen LogP contribution in [0.25, 0.3) is 0 Å². The molecule has 0 aliphatic rings. The number of benzene rings is 2. The molecule has 3 nitrogen and oxygen atoms in total. The van der Waals surface area contributed by atoms with E-state index in [0.29, 0.717) is 22.8 Å². The third-order valence-corrected chi connectivity index (χ3v) is 14.4. The molecule has 2 rings (SSSR count). The van der Waals surface area contributed by atoms with Gasteiger partial charge in [0.15, 0.2) is 0 Å². The van der Waals surface area contributed by atoms with Gasteiger partial charge in [-0.25, -0.2) is 0 Å². The number of para-hydroxylation sites is 2. The summed E-state index contributed by atoms with van der Waals surface area (Å²) >= 11 is 11.9. The normalized spacial score (nSPS) is 12.4. The van der Waals surface area contributed by atoms with Crippen LogP contribution in [0.2, 0.25) is 0 Å². The quantitative estimate of drug-likeness (QED) is 0.523. The highest BCUT2D eigenvalue weighted by Gasteiger charge is 2.35. The van der Waals surface area contributed by atoms with Gasteiger partial charge in [-0.2, -0.15) is 4.86 Å². The second kappa shape index (κ2) is 8.79. The standard InChI is InChI=1S/C18H25NO2P2S2/c1-15(2)22(24,16(3)4)19-23(25,20-17-11-7-5-8-12-17)21-18-13-9-6-10-14-18/h5-16H,1-4H3,(H,19,24,25). The molecular formula is C18H25NO2P2S2. The van der Waals surface area contributed by atoms with Crippen molar-refractivity contribution in [1.29, 1.82) is 0 Å². The third-order valence-electron chi connectivity index (χ3n) is 3.75. The van der Waals surface area contributed by atoms with Crippen LogP contribution in [0.5, 0.6) is 11.5 Å². The zero-order valence-electron chi connectivity index (χ0n) is 15.0. The molecule has 0 bridgehead atoms. The lowest BCUT2D eigenvalue weighted by Crippen LogP contribution is -2.24. The maximum absolute atomic E-state index is 6.16. The topological polar surface area (TPSA) is 30.5 Å². The summed E-state index contributed by atoms with van der Waals surface area (Å²) in [5, 5.41) is 0. The Morgan fingerprint density at radius 2 is 1.08 bits per heavy atom. The zero-order valence-corrected chi connectivity index (χ0v) is 18.4. The van der Waals surface area contributed by atoms with Gasteiger partial charge < -0.3 is 9.05 Å². The molecule has 0 saturated carbocycles. The van der Waals surface area contributed by atoms with Crippen molar-refractivity contribution in [3.05, 3.63) is 60.7 Å². The molecule has 136 valence electrons. The fourth-order valence-corrected chi connectivity index (χ4v) is 11.2. The fourth-order valence-electron chi connectivity index (χ4n) is 2.32. The van der Waals surface area contributed by atoms with Gasteiger partial charge in [0.05, 0.1) is 0 Å². The van der Waals surface area contributed by atoms with Gasteiger partial charge >= 0.3 is 6.64 Å². The van der Waals surface area contributed by atoms with Crippen molar-refractivity contribution in [2.24, 2.45) is 0 Å². The van der Waals surface area contributed by atoms with Crippen molar-refractivity contribution in [2.45, 2.75) is 39.0 Å². The summed E-state index contributed by atoms with van der Waals surface area (Å²) in [6, 6.07) is 19.1. The van der Waals surface area contributed by atoms with Gasteiger partial charge in [-0.05, 0) is 35.6 Å². The summed E-state index contributed by atoms with van der Waals surface area (Å²) in [6.45, 7) is 5.69. The number of rotatable bonds is 8. The largest absolute Gasteiger partial charge is 0.424 e. The van der Waals surface area contributed by atoms with Crippen molar-refractivity contribution in [3.8, 4) is 11.5 Å². The summed E-state index contributed by atoms with van der Waals surface area (Å²) < 4.78 is 12.3. The van der Waals surface area contributed by atoms with Gasteiger partial charge in [0.2, 0.25) is 0 Å². The smallest absolute Gasteiger partial charge is 0.369 e. The Hall–Kier alpha value is -0.700. The van der Waals surface area contributed by atoms with Crippen molar-refractivity contribution >= 4 is 36.4 Å². The molecule has 2 aromatic carbocycles. The average molecular weight is 413 g/mol. The molecule has 0 fully saturated rings. The van der Waals surface area contributed by atoms with Crippen molar-refractivity contribution in [1.82, 2.24) is 4.86 Å². The third kappa shape index (κ3) is 5.64. The molecule has 7 heteroatoms. The minimum atomic E-state index is -2.86. The Labute approximate surface area is 161 Å². The summed E-state index contributed by atoms with van der Waals surface area (Å²) in [4.78, 5) is 3.51. The Balaban J connectivity index is 2.37. The summed E-state index contributed by atoms with van der Waals surface area (Å²) in [5.41, 5.74) is 0.590. The zero-order chi connectivity index (χ0) is 18.5. The molecule has 0 spiro atoms. The summed E-state index contributed by atoms with van der Waals surface area (Å²) in [7, 11) is 0. The van der Waals surface area contributed by atoms with Crippen LogP contribution >= 0.6 is 12.8 Å². The van der Waals surface area contributed by atoms with Crippen LogP contribution in [-0.2, 0) is 23.6 Å². The lowest BCUT2D eigenvalue weighted by atomic mass is 10.3. The van der Waals surface area contributed by atoms with Gasteiger partial charge in [0.1, 0.15) is 11.5 Å². The van der Waals surface area contributed by atoms with E-state index in [1.165, 1.54) is 0 Å². The average Bonchev–Trinajstić information content (AvgIpc) is 2.55. The van der Waals surface area contributed by atoms with Crippen molar-refractivity contribution < 1.29 is 9.05 Å². The molecule has 0 amide bonds. The highest BCUT2D eigenvalue weighted by Crippen LogP contribution is 2.61. The first-order valence-electron chi connectivity index (χ1n) is 8.23. The monoisotopic (exact) mass is 413 g/mol. The van der Waals surface area contributed by atoms with E-state index >= 15 is 0 Å². The Kier molecular flexibility index (Phi) is 7.25. The van der Waals surface area contributed by atoms with Crippen LogP contribution in [0.3, 0.4) is 0 Å². The van der Waals surface area contributed by atoms with Crippen LogP contribution < -0.4 is 13.9 Å². The predicted octanol–water partition coefficient (Wildman–Crippen LogP) is 6.17. The van der Waals surface area contributed by atoms with Crippen LogP contribution in [-0.4, -0.2) is 11.3 Å². The lowest BCUT2D eigenvalue weighted by Gasteiger charge is -2.36. The molecule has 0 aliphatic carbocycles. The van der Waals surface area contributed by atoms with E-state index in [1.807, 2.05) is 60.7 Å². The van der Waals surface area contributed by atoms with Crippen LogP contribution in [0.1, 0.15) is 27.7 Å². The van der Waals surface area contributed by atoms with E-state index in [4.69, 9.17) is 32.7 Å². The minimum Gasteiger partial charge on any atom is -0.424 e. The Morgan fingerprint density at radius 1 is 0.720 bits per heavy atom. The van der Waals surface area contributed by atoms with Gasteiger partial charge in [-0.3, -0.25) is 0 Å². The maximum Gasteiger partial charge on any atom is 0.369 e. The first-order valence-corrected chi connectivity index (χ1v) is 13.8. The second-order valence-corrected chi connectivity index (χ2v) is 15.2. The van der Waals surface area contributed by atoms with Gasteiger partial charge in [-0.15, -0.1) is 0 Å². The van der Waals surface area contributed by atoms with Crippen LogP contribution in [0, 0.1) is 0 Å². The van der Waals surface area contributed by atoms with Gasteiger partial charge in [-0.1, -0.05) is 75.9 Å². The highest BCUT2D eigenvalue weighted by atomic mass is 32.5. The molecule has 0 aromatic heterocycles. The summed E-state index contributed by atoms with van der Waals surface area (Å²) in [5.74, 6) is 1.37. The van der Waals surface area contributed by atoms with E-state index in [9.17, 15) is 0 Å². The molecule has 0 saturated heterocycles. The molecule has 0 aliphatic heterocycles. The van der Waals surface area contributed by atoms with Gasteiger partial charge in [0.25, 0.3) is 0 Å². The number of hydrogen-bond acceptors (Lipinski definition) is 4. The Morgan fingerprint density at radius 3 is 1.40 bits per heavy atom. The van der Waals surface area contributed by atoms with Crippen molar-refractivity contribution in [2.75, 3.05) is 0 Å². The first-order chi connectivity index (χ1) is 11.8. The van der Waals surface area contributed by atoms with E-state index in [2.05, 4.69) is 32.6 Å². The SMILES string of the molecule is CC(C)P(=S)(NP(=S)(Oc1ccccc1)Oc1ccccc1)C(C)C. The molecule has 1 N–H and O–H groups in total. The molecule has 2 aromatic rings. The maximum atomic E-state index is 6.16. The van der Waals surface area contributed by atoms with Crippen LogP contribution in [0.4, 0.5) is 0 Å². The molecule has 0 unspecified atom stereocenters. The van der Waals surface area contributed by atoms with E-state index < -0.39 is 12.8 Å². The molecule has 25 heavy (non-hydrogen) atoms. The molecular weight excluding hydrogens is 388 g/mol. The molecule has 0 atom stereocenters. The van der Waals surface area contributed by atoms with Crippen molar-refractivity contribution in [3.63, 3.8) is 0 Å². The summed E-state index contributed by atoms with van der Waals surface area (Å²) in [6.07, 6.45) is -1.98. The Bertz CT molecular complexity index is 710. The van der Waals surface area contributed by atoms with E-state index in [-0.39, 0.29) is 0 Å². The van der Waals surface area contributed by atoms with E-state index in [1.54, 1.807) is 0 Å². The molecule has 0 radical (unpaired) electrons. The second-order valence-electron chi connectivity index (χ2n) is 6.30. The van der Waals surface area contributed by atoms with E-state index in [0.717, 1.165) is 0 Å². The highest BCUT2D eigenvalue weighted by molar-refractivity contribution is 8.20. The molecule has 0 heterocycles. The first kappa shape index (κ1) is 20.6.